The molecular formula is C16H26N4O3. The van der Waals surface area contributed by atoms with Crippen LogP contribution in [0.5, 0.6) is 0 Å². The van der Waals surface area contributed by atoms with Gasteiger partial charge in [0.15, 0.2) is 5.78 Å². The van der Waals surface area contributed by atoms with Gasteiger partial charge in [0, 0.05) is 25.4 Å². The fourth-order valence-corrected chi connectivity index (χ4v) is 2.81. The number of nitrogens with zero attached hydrogens (tertiary/aromatic N) is 2. The standard InChI is InChI=1S/C16H26N4O3/c1-3-23-13-6-4-12(5-7-13)19-16-18-10-14(11(2)22)15(20-16)17-8-9-21/h10,12-13,21H,3-9H2,1-2H3,(H2,17,18,19,20). The molecule has 1 fully saturated rings. The number of anilines is 2. The number of hydrogen-bond acceptors (Lipinski definition) is 7. The molecule has 1 aromatic heterocycles. The van der Waals surface area contributed by atoms with Crippen LogP contribution in [0.4, 0.5) is 11.8 Å². The van der Waals surface area contributed by atoms with E-state index in [1.165, 1.54) is 13.1 Å². The average Bonchev–Trinajstić information content (AvgIpc) is 2.55. The minimum absolute atomic E-state index is 0.0223. The summed E-state index contributed by atoms with van der Waals surface area (Å²) in [7, 11) is 0. The Morgan fingerprint density at radius 1 is 1.39 bits per heavy atom. The van der Waals surface area contributed by atoms with Crippen molar-refractivity contribution in [3.05, 3.63) is 11.8 Å². The molecule has 0 atom stereocenters. The van der Waals surface area contributed by atoms with E-state index >= 15 is 0 Å². The number of aromatic nitrogens is 2. The van der Waals surface area contributed by atoms with E-state index in [4.69, 9.17) is 9.84 Å². The third-order valence-corrected chi connectivity index (χ3v) is 3.98. The van der Waals surface area contributed by atoms with Crippen molar-refractivity contribution in [1.29, 1.82) is 0 Å². The first kappa shape index (κ1) is 17.6. The van der Waals surface area contributed by atoms with Crippen molar-refractivity contribution >= 4 is 17.5 Å². The molecule has 1 saturated carbocycles. The molecule has 2 rings (SSSR count). The maximum atomic E-state index is 11.6. The summed E-state index contributed by atoms with van der Waals surface area (Å²) in [5, 5.41) is 15.2. The van der Waals surface area contributed by atoms with Crippen molar-refractivity contribution < 1.29 is 14.6 Å². The predicted molar refractivity (Wildman–Crippen MR) is 88.9 cm³/mol. The number of aliphatic hydroxyl groups is 1. The van der Waals surface area contributed by atoms with Gasteiger partial charge in [-0.05, 0) is 39.5 Å². The topological polar surface area (TPSA) is 96.4 Å². The molecule has 0 amide bonds. The summed E-state index contributed by atoms with van der Waals surface area (Å²) < 4.78 is 5.66. The molecule has 1 aromatic rings. The normalized spacial score (nSPS) is 21.0. The van der Waals surface area contributed by atoms with E-state index < -0.39 is 0 Å². The first-order valence-corrected chi connectivity index (χ1v) is 8.24. The van der Waals surface area contributed by atoms with Crippen molar-refractivity contribution in [2.45, 2.75) is 51.7 Å². The van der Waals surface area contributed by atoms with Gasteiger partial charge in [-0.2, -0.15) is 4.98 Å². The van der Waals surface area contributed by atoms with Crippen LogP contribution in [-0.4, -0.2) is 52.8 Å². The number of carbonyl (C=O) groups is 1. The Bertz CT molecular complexity index is 516. The first-order chi connectivity index (χ1) is 11.1. The highest BCUT2D eigenvalue weighted by molar-refractivity contribution is 5.98. The molecule has 1 aliphatic rings. The van der Waals surface area contributed by atoms with Gasteiger partial charge in [-0.15, -0.1) is 0 Å². The van der Waals surface area contributed by atoms with Crippen molar-refractivity contribution in [2.24, 2.45) is 0 Å². The van der Waals surface area contributed by atoms with Crippen LogP contribution >= 0.6 is 0 Å². The molecule has 0 aromatic carbocycles. The zero-order chi connectivity index (χ0) is 16.7. The largest absolute Gasteiger partial charge is 0.395 e. The maximum Gasteiger partial charge on any atom is 0.224 e. The van der Waals surface area contributed by atoms with Crippen LogP contribution in [0.2, 0.25) is 0 Å². The number of aliphatic hydroxyl groups excluding tert-OH is 1. The van der Waals surface area contributed by atoms with E-state index in [9.17, 15) is 4.79 Å². The smallest absolute Gasteiger partial charge is 0.224 e. The van der Waals surface area contributed by atoms with Gasteiger partial charge in [-0.1, -0.05) is 0 Å². The van der Waals surface area contributed by atoms with Crippen LogP contribution in [0.1, 0.15) is 49.9 Å². The Balaban J connectivity index is 1.98. The zero-order valence-corrected chi connectivity index (χ0v) is 13.8. The van der Waals surface area contributed by atoms with Crippen LogP contribution in [0, 0.1) is 0 Å². The number of nitrogens with one attached hydrogen (secondary N) is 2. The highest BCUT2D eigenvalue weighted by Crippen LogP contribution is 2.24. The minimum Gasteiger partial charge on any atom is -0.395 e. The monoisotopic (exact) mass is 322 g/mol. The Labute approximate surface area is 136 Å². The fraction of sp³-hybridized carbons (Fsp3) is 0.688. The van der Waals surface area contributed by atoms with Gasteiger partial charge in [0.1, 0.15) is 5.82 Å². The van der Waals surface area contributed by atoms with E-state index in [0.29, 0.717) is 36.0 Å². The second kappa shape index (κ2) is 8.79. The average molecular weight is 322 g/mol. The Morgan fingerprint density at radius 3 is 2.74 bits per heavy atom. The molecule has 0 unspecified atom stereocenters. The summed E-state index contributed by atoms with van der Waals surface area (Å²) in [4.78, 5) is 20.2. The lowest BCUT2D eigenvalue weighted by atomic mass is 9.93. The van der Waals surface area contributed by atoms with Crippen LogP contribution in [0.25, 0.3) is 0 Å². The quantitative estimate of drug-likeness (QED) is 0.628. The fourth-order valence-electron chi connectivity index (χ4n) is 2.81. The Hall–Kier alpha value is -1.73. The van der Waals surface area contributed by atoms with E-state index in [2.05, 4.69) is 20.6 Å². The number of carbonyl (C=O) groups excluding carboxylic acids is 1. The molecule has 3 N–H and O–H groups in total. The predicted octanol–water partition coefficient (Wildman–Crippen LogP) is 1.84. The lowest BCUT2D eigenvalue weighted by molar-refractivity contribution is 0.0346. The van der Waals surface area contributed by atoms with Gasteiger partial charge in [0.25, 0.3) is 0 Å². The summed E-state index contributed by atoms with van der Waals surface area (Å²) in [6, 6.07) is 0.320. The number of ketones is 1. The molecule has 1 heterocycles. The van der Waals surface area contributed by atoms with Crippen molar-refractivity contribution in [3.63, 3.8) is 0 Å². The third kappa shape index (κ3) is 5.14. The number of Topliss-reactive ketones (excluding diaryl/α,β-unsaturated/α-hetero) is 1. The van der Waals surface area contributed by atoms with E-state index in [1.807, 2.05) is 6.92 Å². The summed E-state index contributed by atoms with van der Waals surface area (Å²) in [6.07, 6.45) is 5.99. The highest BCUT2D eigenvalue weighted by Gasteiger charge is 2.22. The highest BCUT2D eigenvalue weighted by atomic mass is 16.5. The van der Waals surface area contributed by atoms with E-state index in [0.717, 1.165) is 32.3 Å². The molecule has 23 heavy (non-hydrogen) atoms. The molecular weight excluding hydrogens is 296 g/mol. The third-order valence-electron chi connectivity index (χ3n) is 3.98. The van der Waals surface area contributed by atoms with Gasteiger partial charge in [0.05, 0.1) is 18.3 Å². The Kier molecular flexibility index (Phi) is 6.73. The van der Waals surface area contributed by atoms with E-state index in [1.54, 1.807) is 0 Å². The van der Waals surface area contributed by atoms with Gasteiger partial charge in [-0.25, -0.2) is 4.98 Å². The van der Waals surface area contributed by atoms with Crippen LogP contribution in [0.3, 0.4) is 0 Å². The SMILES string of the molecule is CCOC1CCC(Nc2ncc(C(C)=O)c(NCCO)n2)CC1. The minimum atomic E-state index is -0.103. The summed E-state index contributed by atoms with van der Waals surface area (Å²) in [5.41, 5.74) is 0.434. The number of hydrogen-bond donors (Lipinski definition) is 3. The van der Waals surface area contributed by atoms with Gasteiger partial charge >= 0.3 is 0 Å². The lowest BCUT2D eigenvalue weighted by Crippen LogP contribution is -2.30. The molecule has 1 aliphatic carbocycles. The van der Waals surface area contributed by atoms with Crippen LogP contribution in [0.15, 0.2) is 6.20 Å². The summed E-state index contributed by atoms with van der Waals surface area (Å²) in [5.74, 6) is 0.872. The summed E-state index contributed by atoms with van der Waals surface area (Å²) in [6.45, 7) is 4.58. The molecule has 0 radical (unpaired) electrons. The maximum absolute atomic E-state index is 11.6. The van der Waals surface area contributed by atoms with Crippen LogP contribution in [-0.2, 0) is 4.74 Å². The molecule has 7 nitrogen and oxygen atoms in total. The molecule has 0 saturated heterocycles. The number of ether oxygens (including phenoxy) is 1. The molecule has 0 bridgehead atoms. The second-order valence-corrected chi connectivity index (χ2v) is 5.74. The van der Waals surface area contributed by atoms with Crippen molar-refractivity contribution in [3.8, 4) is 0 Å². The molecule has 0 aliphatic heterocycles. The zero-order valence-electron chi connectivity index (χ0n) is 13.8. The number of rotatable bonds is 8. The molecule has 0 spiro atoms. The first-order valence-electron chi connectivity index (χ1n) is 8.24. The lowest BCUT2D eigenvalue weighted by Gasteiger charge is -2.29. The Morgan fingerprint density at radius 2 is 2.13 bits per heavy atom. The van der Waals surface area contributed by atoms with Gasteiger partial charge in [0.2, 0.25) is 5.95 Å². The summed E-state index contributed by atoms with van der Waals surface area (Å²) >= 11 is 0. The second-order valence-electron chi connectivity index (χ2n) is 5.74. The molecule has 7 heteroatoms. The van der Waals surface area contributed by atoms with E-state index in [-0.39, 0.29) is 12.4 Å². The van der Waals surface area contributed by atoms with Gasteiger partial charge in [-0.3, -0.25) is 4.79 Å². The van der Waals surface area contributed by atoms with Crippen molar-refractivity contribution in [2.75, 3.05) is 30.4 Å². The molecule has 128 valence electrons. The van der Waals surface area contributed by atoms with Gasteiger partial charge < -0.3 is 20.5 Å². The van der Waals surface area contributed by atoms with Crippen LogP contribution < -0.4 is 10.6 Å². The van der Waals surface area contributed by atoms with Crippen molar-refractivity contribution in [1.82, 2.24) is 9.97 Å².